The first-order valence-electron chi connectivity index (χ1n) is 11.5. The number of ketones is 4. The molecule has 0 aromatic heterocycles. The van der Waals surface area contributed by atoms with Gasteiger partial charge in [-0.2, -0.15) is 0 Å². The van der Waals surface area contributed by atoms with Gasteiger partial charge in [-0.05, 0) is 47.6 Å². The van der Waals surface area contributed by atoms with Gasteiger partial charge in [-0.3, -0.25) is 24.0 Å². The summed E-state index contributed by atoms with van der Waals surface area (Å²) in [6, 6.07) is 12.1. The number of halogens is 1. The third kappa shape index (κ3) is 3.43. The molecule has 0 saturated heterocycles. The predicted molar refractivity (Wildman–Crippen MR) is 129 cm³/mol. The minimum Gasteiger partial charge on any atom is -0.507 e. The molecule has 36 heavy (non-hydrogen) atoms. The number of carbonyl (C=O) groups excluding carboxylic acids is 5. The molecule has 2 unspecified atom stereocenters. The molecule has 0 heterocycles. The summed E-state index contributed by atoms with van der Waals surface area (Å²) < 4.78 is 0. The van der Waals surface area contributed by atoms with Crippen LogP contribution in [0.15, 0.2) is 42.5 Å². The number of nitrogens with two attached hydrogens (primary N) is 1. The number of hydrogen-bond donors (Lipinski definition) is 3. The summed E-state index contributed by atoms with van der Waals surface area (Å²) in [6.07, 6.45) is 1.52. The SMILES string of the molecule is NC(=O)C1C(=O)C[C@@H]2C[C@@H]3Cc4c(/C=C(\Cl)c5ccccc5)ccc(O)c4C(=O)C3C(=O)[C@]2(O)C1=O. The average molecular weight is 508 g/mol. The zero-order valence-electron chi connectivity index (χ0n) is 18.9. The van der Waals surface area contributed by atoms with Gasteiger partial charge < -0.3 is 15.9 Å². The lowest BCUT2D eigenvalue weighted by Gasteiger charge is -2.48. The highest BCUT2D eigenvalue weighted by atomic mass is 35.5. The monoisotopic (exact) mass is 507 g/mol. The number of amides is 1. The van der Waals surface area contributed by atoms with E-state index in [1.807, 2.05) is 30.3 Å². The van der Waals surface area contributed by atoms with Gasteiger partial charge >= 0.3 is 0 Å². The Labute approximate surface area is 210 Å². The van der Waals surface area contributed by atoms with Gasteiger partial charge in [0, 0.05) is 17.4 Å². The Bertz CT molecular complexity index is 1380. The first-order chi connectivity index (χ1) is 17.1. The van der Waals surface area contributed by atoms with Crippen molar-refractivity contribution in [2.24, 2.45) is 29.4 Å². The van der Waals surface area contributed by atoms with Crippen LogP contribution in [-0.2, 0) is 25.6 Å². The first kappa shape index (κ1) is 24.1. The Kier molecular flexibility index (Phi) is 5.69. The Hall–Kier alpha value is -3.62. The molecule has 0 aliphatic heterocycles. The summed E-state index contributed by atoms with van der Waals surface area (Å²) in [6.45, 7) is 0. The van der Waals surface area contributed by atoms with E-state index in [0.29, 0.717) is 16.2 Å². The van der Waals surface area contributed by atoms with Crippen molar-refractivity contribution in [2.75, 3.05) is 0 Å². The number of aliphatic hydroxyl groups is 1. The quantitative estimate of drug-likeness (QED) is 0.424. The van der Waals surface area contributed by atoms with Crippen LogP contribution in [0.2, 0.25) is 0 Å². The first-order valence-corrected chi connectivity index (χ1v) is 11.9. The minimum atomic E-state index is -2.66. The van der Waals surface area contributed by atoms with Gasteiger partial charge in [-0.15, -0.1) is 0 Å². The highest BCUT2D eigenvalue weighted by Crippen LogP contribution is 2.50. The molecule has 9 heteroatoms. The van der Waals surface area contributed by atoms with Crippen molar-refractivity contribution >= 4 is 51.7 Å². The van der Waals surface area contributed by atoms with E-state index < -0.39 is 58.3 Å². The molecule has 1 amide bonds. The Morgan fingerprint density at radius 2 is 1.72 bits per heavy atom. The van der Waals surface area contributed by atoms with Crippen molar-refractivity contribution < 1.29 is 34.2 Å². The van der Waals surface area contributed by atoms with Crippen molar-refractivity contribution in [3.8, 4) is 5.75 Å². The number of phenols is 1. The Morgan fingerprint density at radius 1 is 1.03 bits per heavy atom. The van der Waals surface area contributed by atoms with Crippen LogP contribution >= 0.6 is 11.6 Å². The molecule has 184 valence electrons. The highest BCUT2D eigenvalue weighted by Gasteiger charge is 2.66. The van der Waals surface area contributed by atoms with E-state index in [-0.39, 0.29) is 30.6 Å². The smallest absolute Gasteiger partial charge is 0.235 e. The van der Waals surface area contributed by atoms with E-state index in [9.17, 15) is 34.2 Å². The van der Waals surface area contributed by atoms with Gasteiger partial charge in [-0.25, -0.2) is 0 Å². The van der Waals surface area contributed by atoms with Crippen molar-refractivity contribution in [3.05, 3.63) is 64.7 Å². The largest absolute Gasteiger partial charge is 0.507 e. The van der Waals surface area contributed by atoms with E-state index in [0.717, 1.165) is 5.56 Å². The summed E-state index contributed by atoms with van der Waals surface area (Å²) in [5, 5.41) is 22.2. The van der Waals surface area contributed by atoms with E-state index in [2.05, 4.69) is 0 Å². The number of rotatable bonds is 3. The Balaban J connectivity index is 1.58. The van der Waals surface area contributed by atoms with Crippen molar-refractivity contribution in [3.63, 3.8) is 0 Å². The maximum atomic E-state index is 13.6. The van der Waals surface area contributed by atoms with Gasteiger partial charge in [0.2, 0.25) is 5.91 Å². The van der Waals surface area contributed by atoms with Gasteiger partial charge in [0.15, 0.2) is 34.7 Å². The van der Waals surface area contributed by atoms with Crippen LogP contribution < -0.4 is 5.73 Å². The predicted octanol–water partition coefficient (Wildman–Crippen LogP) is 2.06. The maximum Gasteiger partial charge on any atom is 0.235 e. The molecule has 3 aliphatic carbocycles. The molecule has 5 rings (SSSR count). The van der Waals surface area contributed by atoms with Crippen molar-refractivity contribution in [2.45, 2.75) is 24.9 Å². The van der Waals surface area contributed by atoms with Crippen molar-refractivity contribution in [1.82, 2.24) is 0 Å². The maximum absolute atomic E-state index is 13.6. The van der Waals surface area contributed by atoms with Gasteiger partial charge in [0.25, 0.3) is 0 Å². The zero-order chi connectivity index (χ0) is 25.9. The molecule has 2 aromatic rings. The topological polar surface area (TPSA) is 152 Å². The van der Waals surface area contributed by atoms with Gasteiger partial charge in [-0.1, -0.05) is 48.0 Å². The van der Waals surface area contributed by atoms with Crippen LogP contribution in [0.1, 0.15) is 39.9 Å². The molecular formula is C27H22ClNO7. The number of primary amides is 1. The molecular weight excluding hydrogens is 486 g/mol. The number of benzene rings is 2. The number of aromatic hydroxyl groups is 1. The number of phenolic OH excluding ortho intramolecular Hbond substituents is 1. The molecule has 3 aliphatic rings. The minimum absolute atomic E-state index is 0.0340. The highest BCUT2D eigenvalue weighted by molar-refractivity contribution is 6.51. The number of fused-ring (bicyclic) bond motifs is 3. The summed E-state index contributed by atoms with van der Waals surface area (Å²) >= 11 is 6.51. The molecule has 2 aromatic carbocycles. The molecule has 0 radical (unpaired) electrons. The summed E-state index contributed by atoms with van der Waals surface area (Å²) in [5.74, 6) is -10.4. The second-order valence-corrected chi connectivity index (χ2v) is 10.0. The summed E-state index contributed by atoms with van der Waals surface area (Å²) in [5.41, 5.74) is 4.30. The second-order valence-electron chi connectivity index (χ2n) is 9.63. The molecule has 5 atom stereocenters. The van der Waals surface area contributed by atoms with Crippen LogP contribution in [0, 0.1) is 23.7 Å². The van der Waals surface area contributed by atoms with Gasteiger partial charge in [0.05, 0.1) is 11.5 Å². The third-order valence-electron chi connectivity index (χ3n) is 7.65. The number of hydrogen-bond acceptors (Lipinski definition) is 7. The fourth-order valence-electron chi connectivity index (χ4n) is 5.94. The normalized spacial score (nSPS) is 29.9. The molecule has 8 nitrogen and oxygen atoms in total. The molecule has 2 fully saturated rings. The number of carbonyl (C=O) groups is 5. The summed E-state index contributed by atoms with van der Waals surface area (Å²) in [7, 11) is 0. The lowest BCUT2D eigenvalue weighted by Crippen LogP contribution is -2.68. The van der Waals surface area contributed by atoms with Crippen molar-refractivity contribution in [1.29, 1.82) is 0 Å². The fourth-order valence-corrected chi connectivity index (χ4v) is 6.19. The molecule has 0 spiro atoms. The van der Waals surface area contributed by atoms with Crippen LogP contribution in [-0.4, -0.2) is 44.9 Å². The lowest BCUT2D eigenvalue weighted by atomic mass is 9.53. The third-order valence-corrected chi connectivity index (χ3v) is 7.98. The van der Waals surface area contributed by atoms with Crippen LogP contribution in [0.4, 0.5) is 0 Å². The van der Waals surface area contributed by atoms with E-state index in [1.165, 1.54) is 6.07 Å². The molecule has 2 saturated carbocycles. The van der Waals surface area contributed by atoms with Gasteiger partial charge in [0.1, 0.15) is 5.75 Å². The second kappa shape index (κ2) is 8.50. The Morgan fingerprint density at radius 3 is 2.39 bits per heavy atom. The number of Topliss-reactive ketones (excluding diaryl/α,β-unsaturated/α-hetero) is 4. The zero-order valence-corrected chi connectivity index (χ0v) is 19.7. The van der Waals surface area contributed by atoms with E-state index in [1.54, 1.807) is 12.1 Å². The van der Waals surface area contributed by atoms with E-state index >= 15 is 0 Å². The average Bonchev–Trinajstić information content (AvgIpc) is 2.83. The summed E-state index contributed by atoms with van der Waals surface area (Å²) in [4.78, 5) is 64.2. The van der Waals surface area contributed by atoms with Crippen LogP contribution in [0.3, 0.4) is 0 Å². The lowest BCUT2D eigenvalue weighted by molar-refractivity contribution is -0.175. The van der Waals surface area contributed by atoms with Crippen LogP contribution in [0.5, 0.6) is 5.75 Å². The van der Waals surface area contributed by atoms with E-state index in [4.69, 9.17) is 17.3 Å². The van der Waals surface area contributed by atoms with Crippen LogP contribution in [0.25, 0.3) is 11.1 Å². The standard InChI is InChI=1S/C27H22ClNO7/c28-17(12-4-2-1-3-5-12)10-13-6-7-18(30)21-16(13)9-14-8-15-11-19(31)22(26(29)35)25(34)27(15,36)24(33)20(14)23(21)32/h1-7,10,14-15,20,22,30,36H,8-9,11H2,(H2,29,35)/b17-10-/t14-,15+,20?,22?,27+/m1/s1. The molecule has 0 bridgehead atoms. The fraction of sp³-hybridized carbons (Fsp3) is 0.296. The molecule has 4 N–H and O–H groups in total.